The summed E-state index contributed by atoms with van der Waals surface area (Å²) in [6.45, 7) is 0.614. The molecule has 8 nitrogen and oxygen atoms in total. The topological polar surface area (TPSA) is 102 Å². The summed E-state index contributed by atoms with van der Waals surface area (Å²) in [5.41, 5.74) is 0.117. The van der Waals surface area contributed by atoms with Crippen molar-refractivity contribution in [1.29, 1.82) is 0 Å². The van der Waals surface area contributed by atoms with E-state index in [0.29, 0.717) is 33.0 Å². The fourth-order valence-electron chi connectivity index (χ4n) is 5.37. The van der Waals surface area contributed by atoms with Gasteiger partial charge in [-0.25, -0.2) is 14.7 Å². The van der Waals surface area contributed by atoms with Crippen molar-refractivity contribution in [3.63, 3.8) is 0 Å². The third kappa shape index (κ3) is 6.89. The summed E-state index contributed by atoms with van der Waals surface area (Å²) in [6.07, 6.45) is -17.3. The number of benzene rings is 4. The van der Waals surface area contributed by atoms with Crippen LogP contribution in [0.5, 0.6) is 0 Å². The highest BCUT2D eigenvalue weighted by atomic mass is 19.3. The molecule has 0 saturated heterocycles. The van der Waals surface area contributed by atoms with E-state index in [0.717, 1.165) is 30.0 Å². The first-order chi connectivity index (χ1) is 23.6. The van der Waals surface area contributed by atoms with E-state index >= 15 is 0 Å². The Morgan fingerprint density at radius 1 is 0.580 bits per heavy atom. The Kier molecular flexibility index (Phi) is 8.87. The third-order valence-corrected chi connectivity index (χ3v) is 7.93. The lowest BCUT2D eigenvalue weighted by molar-refractivity contribution is -0.480. The quantitative estimate of drug-likeness (QED) is 0.107. The number of nitrogens with one attached hydrogen (secondary N) is 2. The fraction of sp³-hybridized carbons (Fsp3) is 0.222. The van der Waals surface area contributed by atoms with Gasteiger partial charge in [0.15, 0.2) is 0 Å². The van der Waals surface area contributed by atoms with Crippen molar-refractivity contribution < 1.29 is 45.4 Å². The Balaban J connectivity index is 1.10. The van der Waals surface area contributed by atoms with Gasteiger partial charge in [0, 0.05) is 34.6 Å². The minimum atomic E-state index is -6.06. The molecule has 4 aromatic carbocycles. The van der Waals surface area contributed by atoms with Crippen LogP contribution in [0, 0.1) is 0 Å². The molecule has 14 heteroatoms. The van der Waals surface area contributed by atoms with Crippen LogP contribution >= 0.6 is 0 Å². The number of ether oxygens (including phenoxy) is 2. The van der Waals surface area contributed by atoms with Crippen LogP contribution in [-0.4, -0.2) is 45.7 Å². The van der Waals surface area contributed by atoms with Crippen molar-refractivity contribution in [3.05, 3.63) is 108 Å². The predicted molar refractivity (Wildman–Crippen MR) is 173 cm³/mol. The van der Waals surface area contributed by atoms with Crippen molar-refractivity contribution in [1.82, 2.24) is 20.6 Å². The summed E-state index contributed by atoms with van der Waals surface area (Å²) < 4.78 is 95.2. The molecule has 0 atom stereocenters. The second kappa shape index (κ2) is 12.8. The van der Waals surface area contributed by atoms with E-state index in [2.05, 4.69) is 24.8 Å². The highest BCUT2D eigenvalue weighted by Crippen LogP contribution is 2.42. The Morgan fingerprint density at radius 2 is 1.00 bits per heavy atom. The van der Waals surface area contributed by atoms with Gasteiger partial charge in [0.05, 0.1) is 22.1 Å². The zero-order valence-corrected chi connectivity index (χ0v) is 26.4. The van der Waals surface area contributed by atoms with Gasteiger partial charge in [-0.05, 0) is 49.2 Å². The molecular weight excluding hydrogens is 666 g/mol. The van der Waals surface area contributed by atoms with Crippen molar-refractivity contribution in [2.24, 2.45) is 0 Å². The van der Waals surface area contributed by atoms with Crippen LogP contribution < -0.4 is 10.6 Å². The largest absolute Gasteiger partial charge is 0.453 e. The molecule has 0 bridgehead atoms. The average molecular weight is 695 g/mol. The van der Waals surface area contributed by atoms with Gasteiger partial charge in [-0.3, -0.25) is 14.3 Å². The molecule has 0 saturated carbocycles. The fourth-order valence-corrected chi connectivity index (χ4v) is 5.37. The Bertz CT molecular complexity index is 2100. The molecule has 258 valence electrons. The number of pyridine rings is 2. The van der Waals surface area contributed by atoms with Crippen molar-refractivity contribution in [3.8, 4) is 0 Å². The first kappa shape index (κ1) is 34.5. The van der Waals surface area contributed by atoms with Crippen LogP contribution in [-0.2, 0) is 32.2 Å². The Labute approximate surface area is 280 Å². The van der Waals surface area contributed by atoms with Gasteiger partial charge < -0.3 is 10.6 Å². The molecule has 2 aromatic heterocycles. The second-order valence-corrected chi connectivity index (χ2v) is 12.0. The number of carbonyl (C=O) groups excluding carboxylic acids is 2. The van der Waals surface area contributed by atoms with Gasteiger partial charge in [-0.15, -0.1) is 0 Å². The highest BCUT2D eigenvalue weighted by molar-refractivity contribution is 5.95. The summed E-state index contributed by atoms with van der Waals surface area (Å²) in [4.78, 5) is 34.2. The van der Waals surface area contributed by atoms with Gasteiger partial charge in [-0.2, -0.15) is 26.3 Å². The number of halogens is 6. The molecule has 0 unspecified atom stereocenters. The summed E-state index contributed by atoms with van der Waals surface area (Å²) in [5, 5.41) is 7.05. The SMILES string of the molecule is CC(C)(OC(F)(F)C(F)(F)OC(F)(F)C(=O)NCc1cccc2cc3ccccc3nc12)C(=O)NCc1cccc2cc3ccccc3nc12. The number of alkyl halides is 6. The van der Waals surface area contributed by atoms with Gasteiger partial charge in [0.2, 0.25) is 0 Å². The molecule has 0 spiro atoms. The molecule has 0 aliphatic heterocycles. The monoisotopic (exact) mass is 694 g/mol. The lowest BCUT2D eigenvalue weighted by Crippen LogP contribution is -2.57. The molecular formula is C36H28F6N4O4. The average Bonchev–Trinajstić information content (AvgIpc) is 3.06. The van der Waals surface area contributed by atoms with E-state index in [4.69, 9.17) is 0 Å². The van der Waals surface area contributed by atoms with Crippen LogP contribution in [0.25, 0.3) is 43.6 Å². The number of para-hydroxylation sites is 4. The second-order valence-electron chi connectivity index (χ2n) is 12.0. The van der Waals surface area contributed by atoms with Crippen molar-refractivity contribution in [2.75, 3.05) is 0 Å². The number of hydrogen-bond acceptors (Lipinski definition) is 6. The summed E-state index contributed by atoms with van der Waals surface area (Å²) in [7, 11) is 0. The van der Waals surface area contributed by atoms with Gasteiger partial charge >= 0.3 is 24.2 Å². The van der Waals surface area contributed by atoms with Crippen molar-refractivity contribution in [2.45, 2.75) is 50.9 Å². The minimum Gasteiger partial charge on any atom is -0.349 e. The van der Waals surface area contributed by atoms with E-state index in [1.165, 1.54) is 6.07 Å². The first-order valence-electron chi connectivity index (χ1n) is 15.2. The van der Waals surface area contributed by atoms with Gasteiger partial charge in [0.1, 0.15) is 5.60 Å². The normalized spacial score (nSPS) is 12.9. The molecule has 0 radical (unpaired) electrons. The van der Waals surface area contributed by atoms with E-state index < -0.39 is 42.3 Å². The predicted octanol–water partition coefficient (Wildman–Crippen LogP) is 7.61. The molecule has 0 fully saturated rings. The van der Waals surface area contributed by atoms with Crippen molar-refractivity contribution >= 4 is 55.4 Å². The van der Waals surface area contributed by atoms with Crippen LogP contribution in [0.1, 0.15) is 25.0 Å². The summed E-state index contributed by atoms with van der Waals surface area (Å²) in [6, 6.07) is 27.8. The lowest BCUT2D eigenvalue weighted by atomic mass is 10.1. The maximum atomic E-state index is 14.8. The van der Waals surface area contributed by atoms with E-state index in [-0.39, 0.29) is 12.1 Å². The number of nitrogens with zero attached hydrogens (tertiary/aromatic N) is 2. The molecule has 0 aliphatic carbocycles. The van der Waals surface area contributed by atoms with E-state index in [9.17, 15) is 35.9 Å². The highest BCUT2D eigenvalue weighted by Gasteiger charge is 2.67. The molecule has 6 aromatic rings. The van der Waals surface area contributed by atoms with Crippen LogP contribution in [0.4, 0.5) is 26.3 Å². The lowest BCUT2D eigenvalue weighted by Gasteiger charge is -2.33. The maximum Gasteiger partial charge on any atom is 0.453 e. The molecule has 2 amide bonds. The maximum absolute atomic E-state index is 14.8. The molecule has 0 aliphatic rings. The third-order valence-electron chi connectivity index (χ3n) is 7.93. The number of carbonyl (C=O) groups is 2. The zero-order valence-electron chi connectivity index (χ0n) is 26.4. The van der Waals surface area contributed by atoms with Gasteiger partial charge in [0.25, 0.3) is 5.91 Å². The first-order valence-corrected chi connectivity index (χ1v) is 15.2. The number of aromatic nitrogens is 2. The molecule has 6 rings (SSSR count). The van der Waals surface area contributed by atoms with Crippen LogP contribution in [0.3, 0.4) is 0 Å². The number of fused-ring (bicyclic) bond motifs is 4. The Hall–Kier alpha value is -5.34. The minimum absolute atomic E-state index is 0.248. The van der Waals surface area contributed by atoms with E-state index in [1.807, 2.05) is 24.3 Å². The number of hydrogen-bond donors (Lipinski definition) is 2. The van der Waals surface area contributed by atoms with Crippen LogP contribution in [0.2, 0.25) is 0 Å². The Morgan fingerprint density at radius 3 is 1.50 bits per heavy atom. The molecule has 2 N–H and O–H groups in total. The standard InChI is InChI=1S/C36H28F6N4O4/c1-33(2,31(47)43-19-25-13-7-11-23-17-21-9-3-5-15-27(21)45-29(23)25)49-35(39,40)36(41,42)50-34(37,38)32(48)44-20-26-14-8-12-24-18-22-10-4-6-16-28(22)46-30(24)26/h3-18H,19-20H2,1-2H3,(H,43,47)(H,44,48). The van der Waals surface area contributed by atoms with Crippen LogP contribution in [0.15, 0.2) is 97.1 Å². The smallest absolute Gasteiger partial charge is 0.349 e. The van der Waals surface area contributed by atoms with E-state index in [1.54, 1.807) is 72.0 Å². The molecule has 2 heterocycles. The summed E-state index contributed by atoms with van der Waals surface area (Å²) in [5.74, 6) is -3.69. The van der Waals surface area contributed by atoms with Gasteiger partial charge in [-0.1, -0.05) is 72.8 Å². The summed E-state index contributed by atoms with van der Waals surface area (Å²) >= 11 is 0. The molecule has 50 heavy (non-hydrogen) atoms. The number of rotatable bonds is 11. The number of amides is 2. The zero-order chi connectivity index (χ0) is 35.9.